The molecule has 0 aromatic carbocycles. The summed E-state index contributed by atoms with van der Waals surface area (Å²) in [5.41, 5.74) is 6.07. The fourth-order valence-corrected chi connectivity index (χ4v) is 1.04. The summed E-state index contributed by atoms with van der Waals surface area (Å²) in [5.74, 6) is 0. The lowest BCUT2D eigenvalue weighted by Gasteiger charge is -1.98. The van der Waals surface area contributed by atoms with E-state index in [0.29, 0.717) is 6.54 Å². The largest absolute Gasteiger partial charge is 0.363 e. The van der Waals surface area contributed by atoms with E-state index in [4.69, 9.17) is 17.3 Å². The van der Waals surface area contributed by atoms with E-state index in [1.807, 2.05) is 0 Å². The Labute approximate surface area is 75.6 Å². The summed E-state index contributed by atoms with van der Waals surface area (Å²) in [4.78, 5) is 13.9. The van der Waals surface area contributed by atoms with Gasteiger partial charge in [0.05, 0.1) is 0 Å². The van der Waals surface area contributed by atoms with Crippen LogP contribution in [0, 0.1) is 0 Å². The van der Waals surface area contributed by atoms with Gasteiger partial charge >= 0.3 is 0 Å². The van der Waals surface area contributed by atoms with Crippen LogP contribution in [-0.2, 0) is 6.42 Å². The number of pyridine rings is 1. The zero-order valence-corrected chi connectivity index (χ0v) is 7.40. The van der Waals surface area contributed by atoms with Crippen molar-refractivity contribution in [2.45, 2.75) is 12.8 Å². The van der Waals surface area contributed by atoms with Crippen LogP contribution in [0.3, 0.4) is 0 Å². The van der Waals surface area contributed by atoms with Crippen molar-refractivity contribution in [3.8, 4) is 0 Å². The van der Waals surface area contributed by atoms with E-state index in [0.717, 1.165) is 18.5 Å². The topological polar surface area (TPSA) is 58.9 Å². The fraction of sp³-hybridized carbons (Fsp3) is 0.375. The number of aromatic nitrogens is 1. The highest BCUT2D eigenvalue weighted by Gasteiger charge is 1.97. The summed E-state index contributed by atoms with van der Waals surface area (Å²) in [6.45, 7) is 0.630. The fourth-order valence-electron chi connectivity index (χ4n) is 0.933. The van der Waals surface area contributed by atoms with Crippen molar-refractivity contribution in [2.75, 3.05) is 6.54 Å². The van der Waals surface area contributed by atoms with Gasteiger partial charge in [0.25, 0.3) is 0 Å². The van der Waals surface area contributed by atoms with Gasteiger partial charge in [0.15, 0.2) is 5.43 Å². The molecule has 4 heteroatoms. The lowest BCUT2D eigenvalue weighted by molar-refractivity contribution is 0.809. The number of H-pyrrole nitrogens is 1. The third-order valence-corrected chi connectivity index (χ3v) is 1.87. The van der Waals surface area contributed by atoms with Gasteiger partial charge in [0, 0.05) is 18.0 Å². The SMILES string of the molecule is NCCCc1cc(=O)c(Cl)c[nH]1. The van der Waals surface area contributed by atoms with E-state index in [9.17, 15) is 4.79 Å². The van der Waals surface area contributed by atoms with E-state index in [1.54, 1.807) is 0 Å². The van der Waals surface area contributed by atoms with Crippen LogP contribution in [0.5, 0.6) is 0 Å². The molecule has 3 N–H and O–H groups in total. The second kappa shape index (κ2) is 4.28. The Morgan fingerprint density at radius 3 is 2.92 bits per heavy atom. The molecule has 0 amide bonds. The molecule has 3 nitrogen and oxygen atoms in total. The van der Waals surface area contributed by atoms with Gasteiger partial charge in [0.2, 0.25) is 0 Å². The molecule has 0 atom stereocenters. The lowest BCUT2D eigenvalue weighted by atomic mass is 10.2. The number of hydrogen-bond donors (Lipinski definition) is 2. The smallest absolute Gasteiger partial charge is 0.200 e. The van der Waals surface area contributed by atoms with Crippen LogP contribution >= 0.6 is 11.6 Å². The molecule has 0 unspecified atom stereocenters. The minimum Gasteiger partial charge on any atom is -0.363 e. The molecule has 0 fully saturated rings. The van der Waals surface area contributed by atoms with Crippen molar-refractivity contribution in [2.24, 2.45) is 5.73 Å². The Morgan fingerprint density at radius 2 is 2.33 bits per heavy atom. The first-order valence-electron chi connectivity index (χ1n) is 3.81. The summed E-state index contributed by atoms with van der Waals surface area (Å²) in [6, 6.07) is 1.51. The van der Waals surface area contributed by atoms with Gasteiger partial charge in [-0.1, -0.05) is 11.6 Å². The maximum absolute atomic E-state index is 11.0. The van der Waals surface area contributed by atoms with Crippen molar-refractivity contribution in [3.63, 3.8) is 0 Å². The molecular formula is C8H11ClN2O. The number of aryl methyl sites for hydroxylation is 1. The molecule has 12 heavy (non-hydrogen) atoms. The maximum atomic E-state index is 11.0. The Bertz CT molecular complexity index is 308. The van der Waals surface area contributed by atoms with Crippen LogP contribution in [0.4, 0.5) is 0 Å². The summed E-state index contributed by atoms with van der Waals surface area (Å²) in [7, 11) is 0. The number of hydrogen-bond acceptors (Lipinski definition) is 2. The predicted octanol–water partition coefficient (Wildman–Crippen LogP) is 0.920. The molecule has 66 valence electrons. The van der Waals surface area contributed by atoms with Gasteiger partial charge in [0.1, 0.15) is 5.02 Å². The molecule has 1 heterocycles. The maximum Gasteiger partial charge on any atom is 0.200 e. The summed E-state index contributed by atoms with van der Waals surface area (Å²) >= 11 is 5.55. The molecule has 0 aliphatic heterocycles. The predicted molar refractivity (Wildman–Crippen MR) is 49.4 cm³/mol. The van der Waals surface area contributed by atoms with Crippen molar-refractivity contribution < 1.29 is 0 Å². The highest BCUT2D eigenvalue weighted by molar-refractivity contribution is 6.30. The van der Waals surface area contributed by atoms with Crippen LogP contribution in [0.15, 0.2) is 17.1 Å². The first-order chi connectivity index (χ1) is 5.74. The van der Waals surface area contributed by atoms with E-state index in [2.05, 4.69) is 4.98 Å². The molecule has 0 bridgehead atoms. The zero-order valence-electron chi connectivity index (χ0n) is 6.64. The second-order valence-corrected chi connectivity index (χ2v) is 2.97. The molecule has 0 saturated heterocycles. The van der Waals surface area contributed by atoms with Gasteiger partial charge in [-0.25, -0.2) is 0 Å². The van der Waals surface area contributed by atoms with Crippen LogP contribution < -0.4 is 11.2 Å². The number of nitrogens with one attached hydrogen (secondary N) is 1. The number of nitrogens with two attached hydrogens (primary N) is 1. The molecule has 1 rings (SSSR count). The van der Waals surface area contributed by atoms with Crippen molar-refractivity contribution in [1.82, 2.24) is 4.98 Å². The van der Waals surface area contributed by atoms with Gasteiger partial charge in [-0.05, 0) is 19.4 Å². The second-order valence-electron chi connectivity index (χ2n) is 2.56. The minimum atomic E-state index is -0.137. The van der Waals surface area contributed by atoms with Crippen LogP contribution in [-0.4, -0.2) is 11.5 Å². The molecule has 0 radical (unpaired) electrons. The lowest BCUT2D eigenvalue weighted by Crippen LogP contribution is -2.06. The molecule has 0 aliphatic rings. The Kier molecular flexibility index (Phi) is 3.31. The third-order valence-electron chi connectivity index (χ3n) is 1.58. The van der Waals surface area contributed by atoms with Crippen LogP contribution in [0.1, 0.15) is 12.1 Å². The first kappa shape index (κ1) is 9.29. The summed E-state index contributed by atoms with van der Waals surface area (Å²) in [6.07, 6.45) is 3.18. The molecule has 1 aromatic rings. The van der Waals surface area contributed by atoms with E-state index < -0.39 is 0 Å². The van der Waals surface area contributed by atoms with E-state index in [1.165, 1.54) is 12.3 Å². The molecule has 0 spiro atoms. The van der Waals surface area contributed by atoms with Crippen molar-refractivity contribution >= 4 is 11.6 Å². The van der Waals surface area contributed by atoms with Crippen molar-refractivity contribution in [1.29, 1.82) is 0 Å². The number of rotatable bonds is 3. The van der Waals surface area contributed by atoms with Gasteiger partial charge in [-0.15, -0.1) is 0 Å². The van der Waals surface area contributed by atoms with Crippen molar-refractivity contribution in [3.05, 3.63) is 33.2 Å². The standard InChI is InChI=1S/C8H11ClN2O/c9-7-5-11-6(2-1-3-10)4-8(7)12/h4-5H,1-3,10H2,(H,11,12). The average Bonchev–Trinajstić information content (AvgIpc) is 2.07. The van der Waals surface area contributed by atoms with E-state index in [-0.39, 0.29) is 10.5 Å². The Balaban J connectivity index is 2.76. The normalized spacial score (nSPS) is 10.2. The minimum absolute atomic E-state index is 0.137. The summed E-state index contributed by atoms with van der Waals surface area (Å²) in [5, 5.41) is 0.228. The first-order valence-corrected chi connectivity index (χ1v) is 4.19. The Morgan fingerprint density at radius 1 is 1.58 bits per heavy atom. The van der Waals surface area contributed by atoms with Crippen LogP contribution in [0.2, 0.25) is 5.02 Å². The highest BCUT2D eigenvalue weighted by atomic mass is 35.5. The summed E-state index contributed by atoms with van der Waals surface area (Å²) < 4.78 is 0. The van der Waals surface area contributed by atoms with Gasteiger partial charge < -0.3 is 10.7 Å². The molecule has 0 aliphatic carbocycles. The average molecular weight is 187 g/mol. The quantitative estimate of drug-likeness (QED) is 0.738. The van der Waals surface area contributed by atoms with Gasteiger partial charge in [-0.2, -0.15) is 0 Å². The monoisotopic (exact) mass is 186 g/mol. The molecule has 1 aromatic heterocycles. The Hall–Kier alpha value is -0.800. The number of aromatic amines is 1. The highest BCUT2D eigenvalue weighted by Crippen LogP contribution is 2.00. The van der Waals surface area contributed by atoms with Crippen LogP contribution in [0.25, 0.3) is 0 Å². The van der Waals surface area contributed by atoms with E-state index >= 15 is 0 Å². The number of halogens is 1. The van der Waals surface area contributed by atoms with Gasteiger partial charge in [-0.3, -0.25) is 4.79 Å². The third kappa shape index (κ3) is 2.36. The molecular weight excluding hydrogens is 176 g/mol. The molecule has 0 saturated carbocycles. The zero-order chi connectivity index (χ0) is 8.97.